The lowest BCUT2D eigenvalue weighted by atomic mass is 9.48. The summed E-state index contributed by atoms with van der Waals surface area (Å²) in [6.07, 6.45) is 10.8. The number of aliphatic hydroxyl groups is 1. The van der Waals surface area contributed by atoms with Crippen LogP contribution in [-0.2, 0) is 27.2 Å². The van der Waals surface area contributed by atoms with Crippen molar-refractivity contribution in [3.63, 3.8) is 0 Å². The lowest BCUT2D eigenvalue weighted by Gasteiger charge is -2.60. The Labute approximate surface area is 169 Å². The largest absolute Gasteiger partial charge is 0.393 e. The summed E-state index contributed by atoms with van der Waals surface area (Å²) in [5, 5.41) is 10.5. The number of carbonyl (C=O) groups is 1. The SMILES string of the molecule is CC.CN1C(=O)C=C[C@]2(C)C3CC[C@@]4(C)C(CC[C@@H]4O)C3CCC12.S=S. The zero-order chi connectivity index (χ0) is 19.7. The van der Waals surface area contributed by atoms with Gasteiger partial charge >= 0.3 is 0 Å². The van der Waals surface area contributed by atoms with E-state index in [1.54, 1.807) is 6.08 Å². The summed E-state index contributed by atoms with van der Waals surface area (Å²) < 4.78 is 0. The second-order valence-electron chi connectivity index (χ2n) is 8.76. The van der Waals surface area contributed by atoms with Gasteiger partial charge in [-0.25, -0.2) is 0 Å². The zero-order valence-electron chi connectivity index (χ0n) is 16.9. The molecule has 4 rings (SSSR count). The Morgan fingerprint density at radius 3 is 2.38 bits per heavy atom. The first kappa shape index (κ1) is 21.9. The molecular formula is C21H35NO2S2. The van der Waals surface area contributed by atoms with Gasteiger partial charge in [0.2, 0.25) is 5.91 Å². The Bertz CT molecular complexity index is 554. The first-order chi connectivity index (χ1) is 12.4. The van der Waals surface area contributed by atoms with Gasteiger partial charge in [-0.15, -0.1) is 0 Å². The summed E-state index contributed by atoms with van der Waals surface area (Å²) in [7, 11) is 1.97. The highest BCUT2D eigenvalue weighted by molar-refractivity contribution is 8.07. The van der Waals surface area contributed by atoms with E-state index in [0.717, 1.165) is 25.2 Å². The van der Waals surface area contributed by atoms with Crippen LogP contribution < -0.4 is 0 Å². The van der Waals surface area contributed by atoms with Gasteiger partial charge in [0.05, 0.1) is 6.10 Å². The zero-order valence-corrected chi connectivity index (χ0v) is 18.5. The van der Waals surface area contributed by atoms with Crippen LogP contribution in [0.2, 0.25) is 0 Å². The van der Waals surface area contributed by atoms with E-state index in [9.17, 15) is 9.90 Å². The van der Waals surface area contributed by atoms with E-state index in [1.807, 2.05) is 25.8 Å². The average Bonchev–Trinajstić information content (AvgIpc) is 2.97. The molecule has 0 aromatic heterocycles. The van der Waals surface area contributed by atoms with Gasteiger partial charge in [0, 0.05) is 40.9 Å². The van der Waals surface area contributed by atoms with Crippen molar-refractivity contribution in [3.05, 3.63) is 12.2 Å². The standard InChI is InChI=1S/C19H29NO2.C2H6.S2/c1-18-11-9-17(22)20(3)15(18)6-4-12-13-5-7-16(21)19(13,2)10-8-14(12)18;2*1-2/h9,11-16,21H,4-8,10H2,1-3H3;1-2H3;/t12?,13?,14?,15?,16-,18+,19-;;/m0../s1. The molecule has 26 heavy (non-hydrogen) atoms. The number of amides is 1. The number of fused-ring (bicyclic) bond motifs is 5. The van der Waals surface area contributed by atoms with Gasteiger partial charge in [0.25, 0.3) is 0 Å². The van der Waals surface area contributed by atoms with Gasteiger partial charge in [0.1, 0.15) is 0 Å². The molecule has 7 atom stereocenters. The number of nitrogens with zero attached hydrogens (tertiary/aromatic N) is 1. The fourth-order valence-corrected chi connectivity index (χ4v) is 6.71. The van der Waals surface area contributed by atoms with E-state index in [1.165, 1.54) is 19.3 Å². The van der Waals surface area contributed by atoms with Crippen LogP contribution in [0.25, 0.3) is 0 Å². The van der Waals surface area contributed by atoms with Crippen molar-refractivity contribution >= 4 is 28.3 Å². The quantitative estimate of drug-likeness (QED) is 0.670. The molecule has 1 N–H and O–H groups in total. The van der Waals surface area contributed by atoms with Crippen molar-refractivity contribution in [2.75, 3.05) is 7.05 Å². The number of likely N-dealkylation sites (N-methyl/N-ethyl adjacent to an activating group) is 1. The molecule has 148 valence electrons. The summed E-state index contributed by atoms with van der Waals surface area (Å²) in [6, 6.07) is 0.363. The maximum atomic E-state index is 12.0. The maximum absolute atomic E-state index is 12.0. The minimum absolute atomic E-state index is 0.102. The van der Waals surface area contributed by atoms with Crippen LogP contribution in [0.3, 0.4) is 0 Å². The smallest absolute Gasteiger partial charge is 0.246 e. The predicted octanol–water partition coefficient (Wildman–Crippen LogP) is 4.01. The number of carbonyl (C=O) groups excluding carboxylic acids is 1. The van der Waals surface area contributed by atoms with Crippen molar-refractivity contribution in [2.45, 2.75) is 78.4 Å². The molecule has 4 unspecified atom stereocenters. The van der Waals surface area contributed by atoms with E-state index >= 15 is 0 Å². The van der Waals surface area contributed by atoms with Crippen LogP contribution in [0.1, 0.15) is 66.2 Å². The summed E-state index contributed by atoms with van der Waals surface area (Å²) >= 11 is 7.33. The molecular weight excluding hydrogens is 362 g/mol. The van der Waals surface area contributed by atoms with E-state index in [-0.39, 0.29) is 22.8 Å². The van der Waals surface area contributed by atoms with Gasteiger partial charge in [-0.3, -0.25) is 4.79 Å². The normalized spacial score (nSPS) is 46.0. The number of aliphatic hydroxyl groups excluding tert-OH is 1. The van der Waals surface area contributed by atoms with Crippen molar-refractivity contribution in [1.82, 2.24) is 4.90 Å². The Balaban J connectivity index is 0.000000570. The molecule has 0 aromatic rings. The molecule has 1 aliphatic heterocycles. The predicted molar refractivity (Wildman–Crippen MR) is 112 cm³/mol. The van der Waals surface area contributed by atoms with Crippen molar-refractivity contribution < 1.29 is 9.90 Å². The van der Waals surface area contributed by atoms with Gasteiger partial charge < -0.3 is 10.0 Å². The van der Waals surface area contributed by atoms with Crippen LogP contribution in [0, 0.1) is 28.6 Å². The third kappa shape index (κ3) is 3.18. The lowest BCUT2D eigenvalue weighted by molar-refractivity contribution is -0.140. The summed E-state index contributed by atoms with van der Waals surface area (Å²) in [5.41, 5.74) is 0.269. The van der Waals surface area contributed by atoms with Crippen LogP contribution >= 0.6 is 0 Å². The third-order valence-corrected chi connectivity index (χ3v) is 8.08. The average molecular weight is 398 g/mol. The number of hydrogen-bond acceptors (Lipinski definition) is 4. The molecule has 0 saturated heterocycles. The monoisotopic (exact) mass is 397 g/mol. The fourth-order valence-electron chi connectivity index (χ4n) is 6.71. The van der Waals surface area contributed by atoms with Gasteiger partial charge in [-0.1, -0.05) is 33.8 Å². The summed E-state index contributed by atoms with van der Waals surface area (Å²) in [4.78, 5) is 14.0. The van der Waals surface area contributed by atoms with Crippen molar-refractivity contribution in [2.24, 2.45) is 28.6 Å². The molecule has 4 aliphatic rings. The Kier molecular flexibility index (Phi) is 7.01. The molecule has 0 bridgehead atoms. The molecule has 1 amide bonds. The van der Waals surface area contributed by atoms with Crippen LogP contribution in [0.5, 0.6) is 0 Å². The molecule has 3 fully saturated rings. The summed E-state index contributed by atoms with van der Waals surface area (Å²) in [5.74, 6) is 2.23. The molecule has 0 radical (unpaired) electrons. The second-order valence-corrected chi connectivity index (χ2v) is 8.76. The highest BCUT2D eigenvalue weighted by Crippen LogP contribution is 2.63. The van der Waals surface area contributed by atoms with E-state index in [2.05, 4.69) is 42.3 Å². The molecule has 3 aliphatic carbocycles. The highest BCUT2D eigenvalue weighted by atomic mass is 32.8. The first-order valence-electron chi connectivity index (χ1n) is 10.2. The van der Waals surface area contributed by atoms with E-state index < -0.39 is 0 Å². The highest BCUT2D eigenvalue weighted by Gasteiger charge is 2.60. The lowest BCUT2D eigenvalue weighted by Crippen LogP contribution is -2.59. The van der Waals surface area contributed by atoms with Gasteiger partial charge in [-0.2, -0.15) is 0 Å². The minimum Gasteiger partial charge on any atom is -0.393 e. The second kappa shape index (κ2) is 8.32. The third-order valence-electron chi connectivity index (χ3n) is 8.08. The van der Waals surface area contributed by atoms with E-state index in [0.29, 0.717) is 17.9 Å². The van der Waals surface area contributed by atoms with Gasteiger partial charge in [-0.05, 0) is 67.8 Å². The first-order valence-corrected chi connectivity index (χ1v) is 11.5. The molecule has 3 saturated carbocycles. The molecule has 3 nitrogen and oxygen atoms in total. The Morgan fingerprint density at radius 2 is 1.73 bits per heavy atom. The van der Waals surface area contributed by atoms with Crippen LogP contribution in [-0.4, -0.2) is 35.1 Å². The maximum Gasteiger partial charge on any atom is 0.246 e. The van der Waals surface area contributed by atoms with Crippen molar-refractivity contribution in [1.29, 1.82) is 0 Å². The van der Waals surface area contributed by atoms with Crippen LogP contribution in [0.4, 0.5) is 0 Å². The fraction of sp³-hybridized carbons (Fsp3) is 0.857. The molecule has 5 heteroatoms. The Morgan fingerprint density at radius 1 is 1.08 bits per heavy atom. The van der Waals surface area contributed by atoms with Crippen molar-refractivity contribution in [3.8, 4) is 0 Å². The van der Waals surface area contributed by atoms with E-state index in [4.69, 9.17) is 0 Å². The number of rotatable bonds is 0. The Hall–Kier alpha value is -0.390. The minimum atomic E-state index is -0.102. The topological polar surface area (TPSA) is 40.5 Å². The molecule has 0 spiro atoms. The number of hydrogen-bond donors (Lipinski definition) is 1. The van der Waals surface area contributed by atoms with Crippen LogP contribution in [0.15, 0.2) is 12.2 Å². The molecule has 0 aromatic carbocycles. The van der Waals surface area contributed by atoms with Gasteiger partial charge in [0.15, 0.2) is 0 Å². The molecule has 1 heterocycles. The summed E-state index contributed by atoms with van der Waals surface area (Å²) in [6.45, 7) is 8.70.